The van der Waals surface area contributed by atoms with Crippen molar-refractivity contribution in [3.05, 3.63) is 33.5 Å². The Labute approximate surface area is 103 Å². The van der Waals surface area contributed by atoms with Crippen molar-refractivity contribution in [1.82, 2.24) is 20.1 Å². The second-order valence-electron chi connectivity index (χ2n) is 3.63. The molecule has 0 bridgehead atoms. The molecule has 0 aromatic carbocycles. The Morgan fingerprint density at radius 1 is 1.62 bits per heavy atom. The highest BCUT2D eigenvalue weighted by atomic mass is 35.5. The fraction of sp³-hybridized carbons (Fsp3) is 0.400. The molecule has 6 heteroatoms. The maximum Gasteiger partial charge on any atom is 0.149 e. The molecule has 86 valence electrons. The van der Waals surface area contributed by atoms with Crippen LogP contribution in [0.5, 0.6) is 0 Å². The number of halogens is 1. The lowest BCUT2D eigenvalue weighted by molar-refractivity contribution is 0.531. The van der Waals surface area contributed by atoms with Gasteiger partial charge in [-0.05, 0) is 13.0 Å². The predicted octanol–water partition coefficient (Wildman–Crippen LogP) is 2.38. The molecule has 2 rings (SSSR count). The van der Waals surface area contributed by atoms with Gasteiger partial charge in [0.25, 0.3) is 0 Å². The number of thiophene rings is 1. The Hall–Kier alpha value is -0.910. The molecular weight excluding hydrogens is 244 g/mol. The van der Waals surface area contributed by atoms with Crippen molar-refractivity contribution < 1.29 is 0 Å². The van der Waals surface area contributed by atoms with Crippen molar-refractivity contribution in [2.24, 2.45) is 7.05 Å². The summed E-state index contributed by atoms with van der Waals surface area (Å²) in [6, 6.07) is 2.15. The molecule has 0 aliphatic rings. The van der Waals surface area contributed by atoms with Gasteiger partial charge < -0.3 is 9.88 Å². The summed E-state index contributed by atoms with van der Waals surface area (Å²) in [5, 5.41) is 14.0. The SMILES string of the molecule is CC(NCc1cc(Cl)cs1)c1nncn1C. The molecule has 0 spiro atoms. The normalized spacial score (nSPS) is 12.9. The highest BCUT2D eigenvalue weighted by Crippen LogP contribution is 2.19. The van der Waals surface area contributed by atoms with Crippen LogP contribution in [-0.4, -0.2) is 14.8 Å². The number of hydrogen-bond acceptors (Lipinski definition) is 4. The van der Waals surface area contributed by atoms with Gasteiger partial charge in [0.1, 0.15) is 12.2 Å². The summed E-state index contributed by atoms with van der Waals surface area (Å²) in [6.07, 6.45) is 1.70. The number of aryl methyl sites for hydroxylation is 1. The third-order valence-corrected chi connectivity index (χ3v) is 3.62. The molecule has 0 amide bonds. The zero-order valence-corrected chi connectivity index (χ0v) is 10.7. The van der Waals surface area contributed by atoms with Crippen molar-refractivity contribution >= 4 is 22.9 Å². The van der Waals surface area contributed by atoms with E-state index in [1.54, 1.807) is 17.7 Å². The lowest BCUT2D eigenvalue weighted by Crippen LogP contribution is -2.20. The summed E-state index contributed by atoms with van der Waals surface area (Å²) in [5.74, 6) is 0.933. The minimum atomic E-state index is 0.174. The first-order chi connectivity index (χ1) is 7.66. The van der Waals surface area contributed by atoms with Crippen LogP contribution < -0.4 is 5.32 Å². The molecule has 1 N–H and O–H groups in total. The van der Waals surface area contributed by atoms with Gasteiger partial charge in [0.15, 0.2) is 0 Å². The first kappa shape index (κ1) is 11.6. The van der Waals surface area contributed by atoms with Crippen LogP contribution in [0.25, 0.3) is 0 Å². The highest BCUT2D eigenvalue weighted by Gasteiger charge is 2.10. The molecule has 0 radical (unpaired) electrons. The van der Waals surface area contributed by atoms with E-state index in [1.165, 1.54) is 4.88 Å². The first-order valence-corrected chi connectivity index (χ1v) is 6.23. The van der Waals surface area contributed by atoms with E-state index in [0.29, 0.717) is 0 Å². The van der Waals surface area contributed by atoms with E-state index in [4.69, 9.17) is 11.6 Å². The van der Waals surface area contributed by atoms with Gasteiger partial charge in [-0.3, -0.25) is 0 Å². The van der Waals surface area contributed by atoms with E-state index in [1.807, 2.05) is 23.1 Å². The van der Waals surface area contributed by atoms with Gasteiger partial charge in [0.2, 0.25) is 0 Å². The van der Waals surface area contributed by atoms with Crippen LogP contribution in [0.15, 0.2) is 17.8 Å². The second-order valence-corrected chi connectivity index (χ2v) is 5.07. The largest absolute Gasteiger partial charge is 0.319 e. The number of hydrogen-bond donors (Lipinski definition) is 1. The summed E-state index contributed by atoms with van der Waals surface area (Å²) < 4.78 is 1.92. The smallest absolute Gasteiger partial charge is 0.149 e. The fourth-order valence-electron chi connectivity index (χ4n) is 1.48. The third-order valence-electron chi connectivity index (χ3n) is 2.34. The van der Waals surface area contributed by atoms with Crippen LogP contribution >= 0.6 is 22.9 Å². The average Bonchev–Trinajstić information content (AvgIpc) is 2.84. The molecule has 1 unspecified atom stereocenters. The molecule has 2 heterocycles. The number of rotatable bonds is 4. The lowest BCUT2D eigenvalue weighted by Gasteiger charge is -2.11. The van der Waals surface area contributed by atoms with Gasteiger partial charge in [0.05, 0.1) is 11.1 Å². The molecule has 1 atom stereocenters. The predicted molar refractivity (Wildman–Crippen MR) is 65.6 cm³/mol. The van der Waals surface area contributed by atoms with Crippen molar-refractivity contribution in [3.63, 3.8) is 0 Å². The van der Waals surface area contributed by atoms with Crippen LogP contribution in [0.1, 0.15) is 23.7 Å². The van der Waals surface area contributed by atoms with Gasteiger partial charge in [-0.1, -0.05) is 11.6 Å². The number of nitrogens with one attached hydrogen (secondary N) is 1. The molecular formula is C10H13ClN4S. The zero-order valence-electron chi connectivity index (χ0n) is 9.14. The molecule has 2 aromatic heterocycles. The summed E-state index contributed by atoms with van der Waals surface area (Å²) >= 11 is 7.51. The Morgan fingerprint density at radius 3 is 3.00 bits per heavy atom. The van der Waals surface area contributed by atoms with E-state index in [0.717, 1.165) is 17.4 Å². The van der Waals surface area contributed by atoms with E-state index in [-0.39, 0.29) is 6.04 Å². The summed E-state index contributed by atoms with van der Waals surface area (Å²) in [7, 11) is 1.94. The van der Waals surface area contributed by atoms with Crippen LogP contribution in [0.3, 0.4) is 0 Å². The van der Waals surface area contributed by atoms with Gasteiger partial charge in [0, 0.05) is 23.8 Å². The fourth-order valence-corrected chi connectivity index (χ4v) is 2.50. The molecule has 0 aliphatic carbocycles. The van der Waals surface area contributed by atoms with Gasteiger partial charge in [-0.15, -0.1) is 21.5 Å². The van der Waals surface area contributed by atoms with Crippen molar-refractivity contribution in [2.45, 2.75) is 19.5 Å². The molecule has 2 aromatic rings. The topological polar surface area (TPSA) is 42.7 Å². The Morgan fingerprint density at radius 2 is 2.44 bits per heavy atom. The number of aromatic nitrogens is 3. The summed E-state index contributed by atoms with van der Waals surface area (Å²) in [4.78, 5) is 1.22. The Bertz CT molecular complexity index is 465. The van der Waals surface area contributed by atoms with Gasteiger partial charge in [-0.25, -0.2) is 0 Å². The maximum absolute atomic E-state index is 5.86. The van der Waals surface area contributed by atoms with Crippen molar-refractivity contribution in [1.29, 1.82) is 0 Å². The molecule has 0 saturated carbocycles. The minimum absolute atomic E-state index is 0.174. The quantitative estimate of drug-likeness (QED) is 0.913. The summed E-state index contributed by atoms with van der Waals surface area (Å²) in [5.41, 5.74) is 0. The van der Waals surface area contributed by atoms with Crippen molar-refractivity contribution in [3.8, 4) is 0 Å². The standard InChI is InChI=1S/C10H13ClN4S/c1-7(10-14-13-6-15(10)2)12-4-9-3-8(11)5-16-9/h3,5-7,12H,4H2,1-2H3. The monoisotopic (exact) mass is 256 g/mol. The van der Waals surface area contributed by atoms with Crippen molar-refractivity contribution in [2.75, 3.05) is 0 Å². The molecule has 0 saturated heterocycles. The molecule has 0 aliphatic heterocycles. The van der Waals surface area contributed by atoms with Gasteiger partial charge >= 0.3 is 0 Å². The zero-order chi connectivity index (χ0) is 11.5. The van der Waals surface area contributed by atoms with E-state index in [2.05, 4.69) is 22.4 Å². The Balaban J connectivity index is 1.93. The minimum Gasteiger partial charge on any atom is -0.319 e. The second kappa shape index (κ2) is 4.95. The van der Waals surface area contributed by atoms with E-state index in [9.17, 15) is 0 Å². The van der Waals surface area contributed by atoms with E-state index < -0.39 is 0 Å². The Kier molecular flexibility index (Phi) is 3.58. The van der Waals surface area contributed by atoms with Crippen LogP contribution in [0.4, 0.5) is 0 Å². The molecule has 16 heavy (non-hydrogen) atoms. The number of nitrogens with zero attached hydrogens (tertiary/aromatic N) is 3. The summed E-state index contributed by atoms with van der Waals surface area (Å²) in [6.45, 7) is 2.87. The average molecular weight is 257 g/mol. The highest BCUT2D eigenvalue weighted by molar-refractivity contribution is 7.10. The van der Waals surface area contributed by atoms with Crippen LogP contribution in [-0.2, 0) is 13.6 Å². The van der Waals surface area contributed by atoms with Crippen LogP contribution in [0.2, 0.25) is 5.02 Å². The third kappa shape index (κ3) is 2.61. The molecule has 4 nitrogen and oxygen atoms in total. The van der Waals surface area contributed by atoms with Gasteiger partial charge in [-0.2, -0.15) is 0 Å². The molecule has 0 fully saturated rings. The van der Waals surface area contributed by atoms with E-state index >= 15 is 0 Å². The first-order valence-electron chi connectivity index (χ1n) is 4.97. The van der Waals surface area contributed by atoms with Crippen LogP contribution in [0, 0.1) is 0 Å². The lowest BCUT2D eigenvalue weighted by atomic mass is 10.3. The maximum atomic E-state index is 5.86.